The van der Waals surface area contributed by atoms with Crippen molar-refractivity contribution in [3.8, 4) is 22.8 Å². The Balaban J connectivity index is 1.66. The van der Waals surface area contributed by atoms with Gasteiger partial charge in [-0.05, 0) is 24.3 Å². The first-order valence-corrected chi connectivity index (χ1v) is 9.15. The van der Waals surface area contributed by atoms with Crippen molar-refractivity contribution in [2.75, 3.05) is 33.1 Å². The highest BCUT2D eigenvalue weighted by Crippen LogP contribution is 2.37. The van der Waals surface area contributed by atoms with Crippen molar-refractivity contribution in [2.45, 2.75) is 6.18 Å². The first kappa shape index (κ1) is 18.7. The van der Waals surface area contributed by atoms with Gasteiger partial charge in [0.05, 0.1) is 25.1 Å². The quantitative estimate of drug-likeness (QED) is 0.634. The zero-order chi connectivity index (χ0) is 20.9. The lowest BCUT2D eigenvalue weighted by atomic mass is 10.1. The highest BCUT2D eigenvalue weighted by atomic mass is 19.4. The first-order valence-electron chi connectivity index (χ1n) is 9.15. The van der Waals surface area contributed by atoms with Gasteiger partial charge in [-0.3, -0.25) is 4.79 Å². The number of alkyl halides is 3. The van der Waals surface area contributed by atoms with Crippen molar-refractivity contribution in [3.05, 3.63) is 41.7 Å². The summed E-state index contributed by atoms with van der Waals surface area (Å²) in [4.78, 5) is 18.8. The van der Waals surface area contributed by atoms with Gasteiger partial charge in [-0.15, -0.1) is 0 Å². The number of nitrogens with zero attached hydrogens (tertiary/aromatic N) is 4. The molecule has 0 unspecified atom stereocenters. The smallest absolute Gasteiger partial charge is 0.433 e. The van der Waals surface area contributed by atoms with Crippen molar-refractivity contribution in [1.82, 2.24) is 19.5 Å². The molecule has 0 atom stereocenters. The normalized spacial score (nSPS) is 16.3. The van der Waals surface area contributed by atoms with E-state index in [0.29, 0.717) is 47.9 Å². The number of carbonyl (C=O) groups is 1. The van der Waals surface area contributed by atoms with Gasteiger partial charge in [0.15, 0.2) is 22.8 Å². The number of benzene rings is 1. The molecule has 5 rings (SSSR count). The molecule has 1 fully saturated rings. The van der Waals surface area contributed by atoms with E-state index in [9.17, 15) is 18.0 Å². The number of morpholine rings is 1. The minimum absolute atomic E-state index is 0.00462. The number of hydrogen-bond donors (Lipinski definition) is 0. The Morgan fingerprint density at radius 2 is 1.83 bits per heavy atom. The Kier molecular flexibility index (Phi) is 4.28. The molecule has 0 bridgehead atoms. The molecule has 2 aliphatic heterocycles. The predicted octanol–water partition coefficient (Wildman–Crippen LogP) is 2.62. The average molecular weight is 420 g/mol. The molecule has 1 saturated heterocycles. The highest BCUT2D eigenvalue weighted by molar-refractivity contribution is 6.00. The molecule has 2 aliphatic rings. The second-order valence-electron chi connectivity index (χ2n) is 6.79. The van der Waals surface area contributed by atoms with E-state index >= 15 is 0 Å². The van der Waals surface area contributed by atoms with Gasteiger partial charge >= 0.3 is 6.18 Å². The van der Waals surface area contributed by atoms with E-state index in [1.807, 2.05) is 0 Å². The summed E-state index contributed by atoms with van der Waals surface area (Å²) in [5, 5.41) is 3.80. The number of amides is 1. The Labute approximate surface area is 167 Å². The molecule has 0 aliphatic carbocycles. The molecule has 30 heavy (non-hydrogen) atoms. The summed E-state index contributed by atoms with van der Waals surface area (Å²) >= 11 is 0. The van der Waals surface area contributed by atoms with Crippen LogP contribution in [0.25, 0.3) is 16.9 Å². The van der Waals surface area contributed by atoms with Crippen molar-refractivity contribution in [2.24, 2.45) is 0 Å². The summed E-state index contributed by atoms with van der Waals surface area (Å²) in [6, 6.07) is 5.65. The van der Waals surface area contributed by atoms with Crippen LogP contribution < -0.4 is 9.47 Å². The molecular weight excluding hydrogens is 405 g/mol. The Bertz CT molecular complexity index is 1140. The van der Waals surface area contributed by atoms with Crippen LogP contribution in [0.1, 0.15) is 16.1 Å². The number of ether oxygens (including phenoxy) is 3. The lowest BCUT2D eigenvalue weighted by Crippen LogP contribution is -2.40. The molecule has 3 aromatic rings. The molecule has 2 aromatic heterocycles. The predicted molar refractivity (Wildman–Crippen MR) is 96.3 cm³/mol. The fourth-order valence-electron chi connectivity index (χ4n) is 3.46. The van der Waals surface area contributed by atoms with E-state index in [-0.39, 0.29) is 23.7 Å². The van der Waals surface area contributed by atoms with E-state index in [0.717, 1.165) is 12.3 Å². The van der Waals surface area contributed by atoms with Crippen molar-refractivity contribution >= 4 is 11.6 Å². The molecule has 0 spiro atoms. The Morgan fingerprint density at radius 1 is 1.07 bits per heavy atom. The lowest BCUT2D eigenvalue weighted by molar-refractivity contribution is -0.142. The topological polar surface area (TPSA) is 78.2 Å². The van der Waals surface area contributed by atoms with Crippen LogP contribution >= 0.6 is 0 Å². The van der Waals surface area contributed by atoms with Gasteiger partial charge < -0.3 is 19.1 Å². The molecule has 4 heterocycles. The summed E-state index contributed by atoms with van der Waals surface area (Å²) in [5.74, 6) is 0.487. The van der Waals surface area contributed by atoms with E-state index in [1.54, 1.807) is 18.2 Å². The van der Waals surface area contributed by atoms with Gasteiger partial charge in [0.1, 0.15) is 5.56 Å². The summed E-state index contributed by atoms with van der Waals surface area (Å²) in [6.07, 6.45) is -3.57. The van der Waals surface area contributed by atoms with Crippen LogP contribution in [-0.4, -0.2) is 58.5 Å². The number of carbonyl (C=O) groups excluding carboxylic acids is 1. The monoisotopic (exact) mass is 420 g/mol. The van der Waals surface area contributed by atoms with Crippen LogP contribution in [0.15, 0.2) is 30.5 Å². The van der Waals surface area contributed by atoms with Gasteiger partial charge in [-0.25, -0.2) is 9.50 Å². The van der Waals surface area contributed by atoms with Crippen LogP contribution in [0.3, 0.4) is 0 Å². The van der Waals surface area contributed by atoms with Gasteiger partial charge in [0.25, 0.3) is 5.91 Å². The van der Waals surface area contributed by atoms with Gasteiger partial charge in [0.2, 0.25) is 6.79 Å². The number of fused-ring (bicyclic) bond motifs is 2. The standard InChI is InChI=1S/C19H15F3N4O4/c20-19(21,22)16-8-13(11-1-2-14-15(7-11)30-10-29-14)24-17-12(9-23-26(16)17)18(27)25-3-5-28-6-4-25/h1-2,7-9H,3-6,10H2. The molecule has 8 nitrogen and oxygen atoms in total. The third-order valence-electron chi connectivity index (χ3n) is 4.96. The number of rotatable bonds is 2. The maximum Gasteiger partial charge on any atom is 0.433 e. The van der Waals surface area contributed by atoms with Gasteiger partial charge in [0, 0.05) is 18.7 Å². The van der Waals surface area contributed by atoms with E-state index in [1.165, 1.54) is 4.90 Å². The van der Waals surface area contributed by atoms with Crippen LogP contribution in [0.4, 0.5) is 13.2 Å². The maximum absolute atomic E-state index is 13.8. The van der Waals surface area contributed by atoms with Crippen LogP contribution in [0.2, 0.25) is 0 Å². The van der Waals surface area contributed by atoms with Crippen molar-refractivity contribution < 1.29 is 32.2 Å². The SMILES string of the molecule is O=C(c1cnn2c(C(F)(F)F)cc(-c3ccc4c(c3)OCO4)nc12)N1CCOCC1. The molecule has 1 amide bonds. The maximum atomic E-state index is 13.8. The van der Waals surface area contributed by atoms with Gasteiger partial charge in [-0.1, -0.05) is 0 Å². The number of halogens is 3. The van der Waals surface area contributed by atoms with Crippen molar-refractivity contribution in [3.63, 3.8) is 0 Å². The third-order valence-corrected chi connectivity index (χ3v) is 4.96. The third kappa shape index (κ3) is 3.11. The Hall–Kier alpha value is -3.34. The van der Waals surface area contributed by atoms with Crippen LogP contribution in [0, 0.1) is 0 Å². The highest BCUT2D eigenvalue weighted by Gasteiger charge is 2.36. The van der Waals surface area contributed by atoms with Gasteiger partial charge in [-0.2, -0.15) is 18.3 Å². The first-order chi connectivity index (χ1) is 14.4. The van der Waals surface area contributed by atoms with E-state index in [2.05, 4.69) is 10.1 Å². The molecular formula is C19H15F3N4O4. The Morgan fingerprint density at radius 3 is 2.60 bits per heavy atom. The lowest BCUT2D eigenvalue weighted by Gasteiger charge is -2.26. The largest absolute Gasteiger partial charge is 0.454 e. The fourth-order valence-corrected chi connectivity index (χ4v) is 3.46. The average Bonchev–Trinajstić information content (AvgIpc) is 3.38. The van der Waals surface area contributed by atoms with Crippen LogP contribution in [0.5, 0.6) is 11.5 Å². The molecule has 0 radical (unpaired) electrons. The van der Waals surface area contributed by atoms with Crippen molar-refractivity contribution in [1.29, 1.82) is 0 Å². The number of hydrogen-bond acceptors (Lipinski definition) is 6. The minimum Gasteiger partial charge on any atom is -0.454 e. The molecule has 0 N–H and O–H groups in total. The fraction of sp³-hybridized carbons (Fsp3) is 0.316. The van der Waals surface area contributed by atoms with E-state index in [4.69, 9.17) is 14.2 Å². The molecule has 11 heteroatoms. The molecule has 0 saturated carbocycles. The zero-order valence-corrected chi connectivity index (χ0v) is 15.5. The summed E-state index contributed by atoms with van der Waals surface area (Å²) in [6.45, 7) is 1.48. The second kappa shape index (κ2) is 6.87. The molecule has 1 aromatic carbocycles. The number of aromatic nitrogens is 3. The minimum atomic E-state index is -4.70. The van der Waals surface area contributed by atoms with Crippen LogP contribution in [-0.2, 0) is 10.9 Å². The summed E-state index contributed by atoms with van der Waals surface area (Å²) in [5.41, 5.74) is -0.733. The molecule has 156 valence electrons. The van der Waals surface area contributed by atoms with E-state index < -0.39 is 17.8 Å². The summed E-state index contributed by atoms with van der Waals surface area (Å²) < 4.78 is 57.7. The zero-order valence-electron chi connectivity index (χ0n) is 15.5. The second-order valence-corrected chi connectivity index (χ2v) is 6.79. The summed E-state index contributed by atoms with van der Waals surface area (Å²) in [7, 11) is 0.